The second-order valence-electron chi connectivity index (χ2n) is 6.69. The number of aromatic amines is 1. The Morgan fingerprint density at radius 3 is 2.48 bits per heavy atom. The van der Waals surface area contributed by atoms with Gasteiger partial charge in [-0.1, -0.05) is 63.1 Å². The van der Waals surface area contributed by atoms with Crippen molar-refractivity contribution in [2.24, 2.45) is 0 Å². The number of H-pyrrole nitrogens is 1. The fourth-order valence-corrected chi connectivity index (χ4v) is 3.59. The highest BCUT2D eigenvalue weighted by Crippen LogP contribution is 2.25. The lowest BCUT2D eigenvalue weighted by atomic mass is 9.57. The molecule has 0 unspecified atom stereocenters. The fraction of sp³-hybridized carbons (Fsp3) is 0.562. The SMILES string of the molecule is CCCCCCN1B(C)N(c2ccccc2)CN(c2nn[nH]n2)B1C. The molecule has 1 aliphatic heterocycles. The Kier molecular flexibility index (Phi) is 5.96. The number of rotatable bonds is 7. The molecule has 1 N–H and O–H groups in total. The number of hydrogen-bond acceptors (Lipinski definition) is 6. The molecule has 9 heteroatoms. The van der Waals surface area contributed by atoms with Gasteiger partial charge in [-0.05, 0) is 30.3 Å². The molecule has 0 radical (unpaired) electrons. The molecule has 25 heavy (non-hydrogen) atoms. The van der Waals surface area contributed by atoms with E-state index in [1.54, 1.807) is 0 Å². The van der Waals surface area contributed by atoms with E-state index in [-0.39, 0.29) is 6.98 Å². The molecule has 2 heterocycles. The normalized spacial score (nSPS) is 16.0. The van der Waals surface area contributed by atoms with E-state index in [4.69, 9.17) is 0 Å². The van der Waals surface area contributed by atoms with Gasteiger partial charge in [0.05, 0.1) is 6.67 Å². The molecule has 3 rings (SSSR count). The van der Waals surface area contributed by atoms with Crippen LogP contribution in [-0.2, 0) is 0 Å². The number of unbranched alkanes of at least 4 members (excludes halogenated alkanes) is 3. The molecule has 0 aliphatic carbocycles. The van der Waals surface area contributed by atoms with Gasteiger partial charge in [0.25, 0.3) is 5.95 Å². The van der Waals surface area contributed by atoms with Crippen LogP contribution in [0.25, 0.3) is 0 Å². The summed E-state index contributed by atoms with van der Waals surface area (Å²) in [6, 6.07) is 10.6. The smallest absolute Gasteiger partial charge is 0.334 e. The summed E-state index contributed by atoms with van der Waals surface area (Å²) in [5.41, 5.74) is 1.22. The molecular weight excluding hydrogens is 312 g/mol. The summed E-state index contributed by atoms with van der Waals surface area (Å²) in [4.78, 5) is 4.60. The van der Waals surface area contributed by atoms with Gasteiger partial charge in [0.1, 0.15) is 0 Å². The minimum Gasteiger partial charge on any atom is -0.386 e. The van der Waals surface area contributed by atoms with Crippen LogP contribution in [-0.4, -0.2) is 52.5 Å². The minimum absolute atomic E-state index is 0.231. The Morgan fingerprint density at radius 1 is 1.04 bits per heavy atom. The summed E-state index contributed by atoms with van der Waals surface area (Å²) >= 11 is 0. The number of aromatic nitrogens is 4. The number of nitrogens with one attached hydrogen (secondary N) is 1. The third-order valence-electron chi connectivity index (χ3n) is 5.12. The molecule has 0 spiro atoms. The van der Waals surface area contributed by atoms with Crippen molar-refractivity contribution in [3.63, 3.8) is 0 Å². The fourth-order valence-electron chi connectivity index (χ4n) is 3.59. The first kappa shape index (κ1) is 17.8. The van der Waals surface area contributed by atoms with E-state index in [1.807, 2.05) is 0 Å². The van der Waals surface area contributed by atoms with Crippen molar-refractivity contribution in [2.45, 2.75) is 46.3 Å². The molecule has 1 aliphatic rings. The Bertz CT molecular complexity index is 625. The lowest BCUT2D eigenvalue weighted by Crippen LogP contribution is -2.70. The van der Waals surface area contributed by atoms with Crippen molar-refractivity contribution in [3.8, 4) is 0 Å². The van der Waals surface area contributed by atoms with E-state index >= 15 is 0 Å². The summed E-state index contributed by atoms with van der Waals surface area (Å²) < 4.78 is 2.53. The predicted molar refractivity (Wildman–Crippen MR) is 105 cm³/mol. The van der Waals surface area contributed by atoms with E-state index in [9.17, 15) is 0 Å². The van der Waals surface area contributed by atoms with Crippen LogP contribution in [0.1, 0.15) is 32.6 Å². The average Bonchev–Trinajstić information content (AvgIpc) is 3.16. The van der Waals surface area contributed by atoms with Gasteiger partial charge in [-0.15, -0.1) is 5.10 Å². The maximum absolute atomic E-state index is 4.21. The minimum atomic E-state index is 0.231. The molecule has 0 amide bonds. The maximum Gasteiger partial charge on any atom is 0.334 e. The van der Waals surface area contributed by atoms with Crippen molar-refractivity contribution < 1.29 is 0 Å². The molecule has 0 bridgehead atoms. The van der Waals surface area contributed by atoms with E-state index in [0.29, 0.717) is 12.9 Å². The van der Waals surface area contributed by atoms with Gasteiger partial charge < -0.3 is 14.3 Å². The Hall–Kier alpha value is -2.02. The summed E-state index contributed by atoms with van der Waals surface area (Å²) in [6.45, 7) is 9.14. The van der Waals surface area contributed by atoms with Crippen LogP contribution >= 0.6 is 0 Å². The van der Waals surface area contributed by atoms with Crippen LogP contribution in [0, 0.1) is 0 Å². The second kappa shape index (κ2) is 8.38. The van der Waals surface area contributed by atoms with Crippen LogP contribution in [0.15, 0.2) is 30.3 Å². The Morgan fingerprint density at radius 2 is 1.80 bits per heavy atom. The molecular formula is C16H27B2N7. The average molecular weight is 339 g/mol. The first-order valence-electron chi connectivity index (χ1n) is 9.30. The molecule has 1 aromatic carbocycles. The first-order valence-corrected chi connectivity index (χ1v) is 9.30. The molecule has 1 fully saturated rings. The number of anilines is 2. The summed E-state index contributed by atoms with van der Waals surface area (Å²) in [7, 11) is 0. The number of nitrogens with zero attached hydrogens (tertiary/aromatic N) is 6. The molecule has 7 nitrogen and oxygen atoms in total. The maximum atomic E-state index is 4.21. The van der Waals surface area contributed by atoms with Crippen molar-refractivity contribution in [1.82, 2.24) is 25.3 Å². The van der Waals surface area contributed by atoms with E-state index in [0.717, 1.165) is 13.2 Å². The zero-order valence-electron chi connectivity index (χ0n) is 15.5. The van der Waals surface area contributed by atoms with E-state index in [2.05, 4.69) is 85.9 Å². The van der Waals surface area contributed by atoms with Gasteiger partial charge in [-0.3, -0.25) is 0 Å². The van der Waals surface area contributed by atoms with Crippen molar-refractivity contribution in [1.29, 1.82) is 0 Å². The van der Waals surface area contributed by atoms with Gasteiger partial charge >= 0.3 is 14.0 Å². The number of tetrazole rings is 1. The molecule has 1 saturated heterocycles. The van der Waals surface area contributed by atoms with Crippen LogP contribution in [0.2, 0.25) is 13.6 Å². The Labute approximate surface area is 151 Å². The van der Waals surface area contributed by atoms with E-state index in [1.165, 1.54) is 31.4 Å². The third-order valence-corrected chi connectivity index (χ3v) is 5.12. The number of para-hydroxylation sites is 1. The predicted octanol–water partition coefficient (Wildman–Crippen LogP) is 2.60. The summed E-state index contributed by atoms with van der Waals surface area (Å²) in [6.07, 6.45) is 5.05. The third kappa shape index (κ3) is 3.98. The quantitative estimate of drug-likeness (QED) is 0.618. The molecule has 132 valence electrons. The number of hydrogen-bond donors (Lipinski definition) is 1. The van der Waals surface area contributed by atoms with Crippen molar-refractivity contribution in [2.75, 3.05) is 22.8 Å². The van der Waals surface area contributed by atoms with Crippen LogP contribution in [0.5, 0.6) is 0 Å². The largest absolute Gasteiger partial charge is 0.386 e. The second-order valence-corrected chi connectivity index (χ2v) is 6.69. The standard InChI is InChI=1S/C16H27B2N7/c1-4-5-6-10-13-25-17(2)23(15-11-8-7-9-12-15)14-24(18(25)3)16-19-21-22-20-16/h7-9,11-12H,4-6,10,13-14H2,1-3H3,(H,19,20,21,22). The summed E-state index contributed by atoms with van der Waals surface area (Å²) in [5, 5.41) is 14.8. The highest BCUT2D eigenvalue weighted by atomic mass is 15.5. The lowest BCUT2D eigenvalue weighted by molar-refractivity contribution is 0.543. The van der Waals surface area contributed by atoms with Gasteiger partial charge in [-0.25, -0.2) is 0 Å². The highest BCUT2D eigenvalue weighted by Gasteiger charge is 2.42. The zero-order chi connectivity index (χ0) is 17.6. The van der Waals surface area contributed by atoms with Gasteiger partial charge in [0, 0.05) is 5.69 Å². The van der Waals surface area contributed by atoms with Crippen LogP contribution in [0.4, 0.5) is 11.6 Å². The van der Waals surface area contributed by atoms with Gasteiger partial charge in [0.2, 0.25) is 0 Å². The highest BCUT2D eigenvalue weighted by molar-refractivity contribution is 6.77. The molecule has 1 aromatic heterocycles. The molecule has 2 aromatic rings. The Balaban J connectivity index is 1.81. The van der Waals surface area contributed by atoms with Gasteiger partial charge in [0.15, 0.2) is 0 Å². The van der Waals surface area contributed by atoms with Crippen LogP contribution < -0.4 is 9.62 Å². The molecule has 0 atom stereocenters. The van der Waals surface area contributed by atoms with Crippen molar-refractivity contribution in [3.05, 3.63) is 30.3 Å². The topological polar surface area (TPSA) is 64.2 Å². The zero-order valence-corrected chi connectivity index (χ0v) is 15.5. The number of benzene rings is 1. The first-order chi connectivity index (χ1) is 12.2. The van der Waals surface area contributed by atoms with Crippen LogP contribution in [0.3, 0.4) is 0 Å². The van der Waals surface area contributed by atoms with Crippen molar-refractivity contribution >= 4 is 25.6 Å². The van der Waals surface area contributed by atoms with Gasteiger partial charge in [-0.2, -0.15) is 5.21 Å². The monoisotopic (exact) mass is 339 g/mol. The lowest BCUT2D eigenvalue weighted by Gasteiger charge is -2.49. The van der Waals surface area contributed by atoms with E-state index < -0.39 is 0 Å². The molecule has 0 saturated carbocycles. The summed E-state index contributed by atoms with van der Waals surface area (Å²) in [5.74, 6) is 0.652.